The topological polar surface area (TPSA) is 141 Å². The highest BCUT2D eigenvalue weighted by molar-refractivity contribution is 5.96. The summed E-state index contributed by atoms with van der Waals surface area (Å²) in [5.74, 6) is -0.134. The first kappa shape index (κ1) is 21.5. The van der Waals surface area contributed by atoms with Crippen LogP contribution in [-0.4, -0.2) is 40.5 Å². The zero-order valence-corrected chi connectivity index (χ0v) is 17.1. The van der Waals surface area contributed by atoms with E-state index in [0.717, 1.165) is 11.3 Å². The van der Waals surface area contributed by atoms with E-state index in [0.29, 0.717) is 11.3 Å². The van der Waals surface area contributed by atoms with E-state index in [1.165, 1.54) is 7.11 Å². The average Bonchev–Trinajstić information content (AvgIpc) is 2.77. The third kappa shape index (κ3) is 6.13. The number of nitrogen functional groups attached to an aromatic ring is 1. The molecular weight excluding hydrogens is 400 g/mol. The van der Waals surface area contributed by atoms with E-state index in [9.17, 15) is 9.59 Å². The molecule has 10 heteroatoms. The second-order valence-corrected chi connectivity index (χ2v) is 6.45. The van der Waals surface area contributed by atoms with Crippen LogP contribution in [-0.2, 0) is 16.1 Å². The molecule has 0 spiro atoms. The van der Waals surface area contributed by atoms with Gasteiger partial charge in [0.1, 0.15) is 12.3 Å². The van der Waals surface area contributed by atoms with Gasteiger partial charge in [-0.15, -0.1) is 0 Å². The normalized spacial score (nSPS) is 10.3. The molecule has 3 aromatic rings. The Balaban J connectivity index is 1.54. The van der Waals surface area contributed by atoms with Crippen molar-refractivity contribution in [2.24, 2.45) is 0 Å². The van der Waals surface area contributed by atoms with Crippen molar-refractivity contribution in [1.29, 1.82) is 0 Å². The minimum Gasteiger partial charge on any atom is -0.497 e. The molecule has 1 aromatic heterocycles. The number of rotatable bonds is 8. The molecule has 0 aliphatic rings. The smallest absolute Gasteiger partial charge is 0.325 e. The number of ether oxygens (including phenoxy) is 2. The Morgan fingerprint density at radius 3 is 2.65 bits per heavy atom. The van der Waals surface area contributed by atoms with Crippen molar-refractivity contribution in [2.45, 2.75) is 13.5 Å². The number of carbonyl (C=O) groups excluding carboxylic acids is 2. The molecule has 160 valence electrons. The summed E-state index contributed by atoms with van der Waals surface area (Å²) in [4.78, 5) is 36.4. The van der Waals surface area contributed by atoms with Crippen LogP contribution in [0.2, 0.25) is 0 Å². The van der Waals surface area contributed by atoms with Crippen molar-refractivity contribution < 1.29 is 19.1 Å². The van der Waals surface area contributed by atoms with E-state index >= 15 is 0 Å². The maximum Gasteiger partial charge on any atom is 0.325 e. The van der Waals surface area contributed by atoms with Gasteiger partial charge in [-0.1, -0.05) is 24.3 Å². The second kappa shape index (κ2) is 10.0. The SMILES string of the molecule is COc1cccc(C(=O)NCC(=O)OCc2nc(N)nc(Nc3ccccc3C)n2)c1. The van der Waals surface area contributed by atoms with Crippen molar-refractivity contribution in [3.05, 3.63) is 65.5 Å². The molecule has 0 saturated carbocycles. The fraction of sp³-hybridized carbons (Fsp3) is 0.190. The molecule has 1 amide bonds. The van der Waals surface area contributed by atoms with Crippen LogP contribution < -0.4 is 21.1 Å². The first-order chi connectivity index (χ1) is 14.9. The number of nitrogens with two attached hydrogens (primary N) is 1. The van der Waals surface area contributed by atoms with Crippen LogP contribution in [0.1, 0.15) is 21.7 Å². The number of esters is 1. The van der Waals surface area contributed by atoms with Gasteiger partial charge in [-0.3, -0.25) is 9.59 Å². The largest absolute Gasteiger partial charge is 0.497 e. The van der Waals surface area contributed by atoms with E-state index in [1.54, 1.807) is 24.3 Å². The number of amides is 1. The van der Waals surface area contributed by atoms with Gasteiger partial charge in [0.25, 0.3) is 5.91 Å². The summed E-state index contributed by atoms with van der Waals surface area (Å²) in [7, 11) is 1.50. The number of hydrogen-bond acceptors (Lipinski definition) is 9. The Morgan fingerprint density at radius 2 is 1.87 bits per heavy atom. The van der Waals surface area contributed by atoms with Gasteiger partial charge < -0.3 is 25.8 Å². The molecule has 0 bridgehead atoms. The maximum absolute atomic E-state index is 12.1. The summed E-state index contributed by atoms with van der Waals surface area (Å²) in [6.45, 7) is 1.41. The zero-order valence-electron chi connectivity index (χ0n) is 17.1. The molecule has 0 aliphatic carbocycles. The quantitative estimate of drug-likeness (QED) is 0.465. The van der Waals surface area contributed by atoms with Crippen LogP contribution in [0.5, 0.6) is 5.75 Å². The van der Waals surface area contributed by atoms with Crippen molar-refractivity contribution in [2.75, 3.05) is 24.7 Å². The third-order valence-electron chi connectivity index (χ3n) is 4.18. The van der Waals surface area contributed by atoms with E-state index in [4.69, 9.17) is 15.2 Å². The molecule has 0 aliphatic heterocycles. The first-order valence-electron chi connectivity index (χ1n) is 9.35. The van der Waals surface area contributed by atoms with Crippen molar-refractivity contribution in [3.63, 3.8) is 0 Å². The number of para-hydroxylation sites is 1. The van der Waals surface area contributed by atoms with Gasteiger partial charge in [-0.2, -0.15) is 15.0 Å². The molecule has 2 aromatic carbocycles. The van der Waals surface area contributed by atoms with E-state index in [-0.39, 0.29) is 30.9 Å². The molecule has 1 heterocycles. The Hall–Kier alpha value is -4.21. The first-order valence-corrected chi connectivity index (χ1v) is 9.35. The molecule has 0 fully saturated rings. The van der Waals surface area contributed by atoms with E-state index < -0.39 is 11.9 Å². The number of nitrogens with one attached hydrogen (secondary N) is 2. The summed E-state index contributed by atoms with van der Waals surface area (Å²) in [5, 5.41) is 5.55. The molecule has 10 nitrogen and oxygen atoms in total. The van der Waals surface area contributed by atoms with E-state index in [1.807, 2.05) is 31.2 Å². The van der Waals surface area contributed by atoms with Crippen LogP contribution >= 0.6 is 0 Å². The highest BCUT2D eigenvalue weighted by atomic mass is 16.5. The fourth-order valence-electron chi connectivity index (χ4n) is 2.61. The maximum atomic E-state index is 12.1. The van der Waals surface area contributed by atoms with Gasteiger partial charge in [0.05, 0.1) is 7.11 Å². The lowest BCUT2D eigenvalue weighted by Crippen LogP contribution is -2.30. The highest BCUT2D eigenvalue weighted by Crippen LogP contribution is 2.18. The average molecular weight is 422 g/mol. The van der Waals surface area contributed by atoms with Gasteiger partial charge >= 0.3 is 5.97 Å². The highest BCUT2D eigenvalue weighted by Gasteiger charge is 2.12. The minimum atomic E-state index is -0.649. The molecule has 31 heavy (non-hydrogen) atoms. The Bertz CT molecular complexity index is 1090. The Labute approximate surface area is 178 Å². The number of methoxy groups -OCH3 is 1. The molecule has 0 atom stereocenters. The summed E-state index contributed by atoms with van der Waals surface area (Å²) < 4.78 is 10.2. The number of carbonyl (C=O) groups is 2. The van der Waals surface area contributed by atoms with Crippen LogP contribution in [0, 0.1) is 6.92 Å². The molecule has 0 saturated heterocycles. The minimum absolute atomic E-state index is 0.0107. The number of hydrogen-bond donors (Lipinski definition) is 3. The fourth-order valence-corrected chi connectivity index (χ4v) is 2.61. The number of aryl methyl sites for hydroxylation is 1. The molecule has 0 radical (unpaired) electrons. The van der Waals surface area contributed by atoms with Gasteiger partial charge in [0, 0.05) is 11.3 Å². The van der Waals surface area contributed by atoms with Gasteiger partial charge in [-0.25, -0.2) is 0 Å². The van der Waals surface area contributed by atoms with Crippen molar-refractivity contribution >= 4 is 29.5 Å². The Morgan fingerprint density at radius 1 is 1.06 bits per heavy atom. The molecule has 4 N–H and O–H groups in total. The predicted octanol–water partition coefficient (Wildman–Crippen LogP) is 1.99. The summed E-state index contributed by atoms with van der Waals surface area (Å²) in [6, 6.07) is 14.2. The van der Waals surface area contributed by atoms with Crippen LogP contribution in [0.4, 0.5) is 17.6 Å². The van der Waals surface area contributed by atoms with Gasteiger partial charge in [0.2, 0.25) is 11.9 Å². The summed E-state index contributed by atoms with van der Waals surface area (Å²) in [6.07, 6.45) is 0. The lowest BCUT2D eigenvalue weighted by atomic mass is 10.2. The van der Waals surface area contributed by atoms with Gasteiger partial charge in [-0.05, 0) is 36.8 Å². The van der Waals surface area contributed by atoms with Crippen molar-refractivity contribution in [1.82, 2.24) is 20.3 Å². The molecule has 0 unspecified atom stereocenters. The van der Waals surface area contributed by atoms with E-state index in [2.05, 4.69) is 25.6 Å². The lowest BCUT2D eigenvalue weighted by Gasteiger charge is -2.10. The lowest BCUT2D eigenvalue weighted by molar-refractivity contribution is -0.143. The number of aromatic nitrogens is 3. The second-order valence-electron chi connectivity index (χ2n) is 6.45. The Kier molecular flexibility index (Phi) is 6.94. The number of benzene rings is 2. The summed E-state index contributed by atoms with van der Waals surface area (Å²) >= 11 is 0. The summed E-state index contributed by atoms with van der Waals surface area (Å²) in [5.41, 5.74) is 7.92. The molecule has 3 rings (SSSR count). The standard InChI is InChI=1S/C21H22N6O4/c1-13-6-3-4-9-16(13)24-21-26-17(25-20(22)27-21)12-31-18(28)11-23-19(29)14-7-5-8-15(10-14)30-2/h3-10H,11-12H2,1-2H3,(H,23,29)(H3,22,24,25,26,27). The number of nitrogens with zero attached hydrogens (tertiary/aromatic N) is 3. The van der Waals surface area contributed by atoms with Crippen LogP contribution in [0.3, 0.4) is 0 Å². The monoisotopic (exact) mass is 422 g/mol. The number of anilines is 3. The van der Waals surface area contributed by atoms with Crippen LogP contribution in [0.25, 0.3) is 0 Å². The molecular formula is C21H22N6O4. The predicted molar refractivity (Wildman–Crippen MR) is 114 cm³/mol. The van der Waals surface area contributed by atoms with Gasteiger partial charge in [0.15, 0.2) is 12.4 Å². The van der Waals surface area contributed by atoms with Crippen LogP contribution in [0.15, 0.2) is 48.5 Å². The zero-order chi connectivity index (χ0) is 22.2. The van der Waals surface area contributed by atoms with Crippen molar-refractivity contribution in [3.8, 4) is 5.75 Å². The third-order valence-corrected chi connectivity index (χ3v) is 4.18.